The van der Waals surface area contributed by atoms with E-state index in [4.69, 9.17) is 11.7 Å². The van der Waals surface area contributed by atoms with Gasteiger partial charge in [0.05, 0.1) is 5.75 Å². The molecule has 0 heterocycles. The number of hydrazone groups is 1. The van der Waals surface area contributed by atoms with Crippen LogP contribution < -0.4 is 11.7 Å². The molecule has 0 amide bonds. The van der Waals surface area contributed by atoms with Gasteiger partial charge >= 0.3 is 0 Å². The van der Waals surface area contributed by atoms with E-state index < -0.39 is 0 Å². The molecule has 4 aliphatic rings. The number of hydrazine groups is 1. The maximum absolute atomic E-state index is 13.4. The summed E-state index contributed by atoms with van der Waals surface area (Å²) in [6, 6.07) is 0. The maximum Gasteiger partial charge on any atom is 0.196 e. The van der Waals surface area contributed by atoms with Crippen LogP contribution in [0.2, 0.25) is 0 Å². The van der Waals surface area contributed by atoms with E-state index in [0.29, 0.717) is 22.1 Å². The Hall–Kier alpha value is -0.750. The van der Waals surface area contributed by atoms with Gasteiger partial charge in [-0.3, -0.25) is 9.80 Å². The fourth-order valence-corrected chi connectivity index (χ4v) is 9.41. The summed E-state index contributed by atoms with van der Waals surface area (Å²) in [4.78, 5) is 13.4. The zero-order valence-corrected chi connectivity index (χ0v) is 20.9. The van der Waals surface area contributed by atoms with E-state index in [1.54, 1.807) is 7.05 Å². The second-order valence-electron chi connectivity index (χ2n) is 11.8. The summed E-state index contributed by atoms with van der Waals surface area (Å²) < 4.78 is 0. The summed E-state index contributed by atoms with van der Waals surface area (Å²) in [5, 5.41) is 5.66. The highest BCUT2D eigenvalue weighted by molar-refractivity contribution is 8.14. The molecule has 4 fully saturated rings. The lowest BCUT2D eigenvalue weighted by Crippen LogP contribution is -2.57. The smallest absolute Gasteiger partial charge is 0.196 e. The topological polar surface area (TPSA) is 84.7 Å². The van der Waals surface area contributed by atoms with Crippen LogP contribution >= 0.6 is 11.8 Å². The highest BCUT2D eigenvalue weighted by Gasteiger charge is 2.59. The number of amidine groups is 1. The molecular formula is C25H44N4OS. The standard InChI is InChI=1S/C25H44N4OS/c1-16-10-12-24(2)17(14-16)8-9-18-19-6-5-7-21(25(19,3)13-11-20(18)24)22(30)15-31-23(28-26)29(4)27/h16-21H,5-15,26-27H2,1-4H3/b28-23+/t16-,17?,18-,19?,20?,21+,24-,25-/m0/s1. The van der Waals surface area contributed by atoms with Gasteiger partial charge in [-0.05, 0) is 91.8 Å². The second-order valence-corrected chi connectivity index (χ2v) is 12.8. The van der Waals surface area contributed by atoms with Crippen LogP contribution in [0.15, 0.2) is 5.10 Å². The van der Waals surface area contributed by atoms with Crippen molar-refractivity contribution in [1.82, 2.24) is 5.01 Å². The molecule has 4 saturated carbocycles. The monoisotopic (exact) mass is 448 g/mol. The van der Waals surface area contributed by atoms with Crippen LogP contribution in [0, 0.1) is 46.3 Å². The van der Waals surface area contributed by atoms with E-state index in [2.05, 4.69) is 25.9 Å². The molecule has 4 rings (SSSR count). The molecule has 0 aromatic carbocycles. The summed E-state index contributed by atoms with van der Waals surface area (Å²) in [6.07, 6.45) is 13.2. The zero-order chi connectivity index (χ0) is 22.4. The van der Waals surface area contributed by atoms with Crippen molar-refractivity contribution in [3.63, 3.8) is 0 Å². The van der Waals surface area contributed by atoms with Crippen LogP contribution in [-0.4, -0.2) is 28.8 Å². The zero-order valence-electron chi connectivity index (χ0n) is 20.1. The van der Waals surface area contributed by atoms with Crippen molar-refractivity contribution in [2.45, 2.75) is 85.0 Å². The van der Waals surface area contributed by atoms with E-state index in [-0.39, 0.29) is 11.3 Å². The van der Waals surface area contributed by atoms with Crippen molar-refractivity contribution >= 4 is 22.7 Å². The second kappa shape index (κ2) is 8.89. The van der Waals surface area contributed by atoms with E-state index in [0.717, 1.165) is 36.0 Å². The number of ketones is 1. The van der Waals surface area contributed by atoms with Crippen molar-refractivity contribution in [1.29, 1.82) is 0 Å². The molecule has 0 aliphatic heterocycles. The molecule has 4 aliphatic carbocycles. The van der Waals surface area contributed by atoms with Crippen molar-refractivity contribution in [2.75, 3.05) is 12.8 Å². The highest BCUT2D eigenvalue weighted by Crippen LogP contribution is 2.66. The van der Waals surface area contributed by atoms with Crippen LogP contribution in [0.25, 0.3) is 0 Å². The van der Waals surface area contributed by atoms with E-state index in [9.17, 15) is 4.79 Å². The molecule has 3 unspecified atom stereocenters. The number of fused-ring (bicyclic) bond motifs is 5. The van der Waals surface area contributed by atoms with E-state index in [1.807, 2.05) is 0 Å². The molecule has 0 bridgehead atoms. The number of carbonyl (C=O) groups is 1. The third kappa shape index (κ3) is 4.05. The van der Waals surface area contributed by atoms with Crippen LogP contribution in [0.4, 0.5) is 0 Å². The Morgan fingerprint density at radius 1 is 1.06 bits per heavy atom. The summed E-state index contributed by atoms with van der Waals surface area (Å²) in [7, 11) is 1.71. The quantitative estimate of drug-likeness (QED) is 0.274. The van der Waals surface area contributed by atoms with Gasteiger partial charge in [0.25, 0.3) is 0 Å². The fourth-order valence-electron chi connectivity index (χ4n) is 8.66. The normalized spacial score (nSPS) is 45.3. The Bertz CT molecular complexity index is 712. The van der Waals surface area contributed by atoms with E-state index in [1.165, 1.54) is 74.6 Å². The number of hydrogen-bond donors (Lipinski definition) is 2. The molecule has 0 aromatic heterocycles. The highest BCUT2D eigenvalue weighted by atomic mass is 32.2. The van der Waals surface area contributed by atoms with Crippen molar-refractivity contribution in [2.24, 2.45) is 63.1 Å². The molecule has 0 spiro atoms. The number of rotatable bonds is 3. The molecule has 4 N–H and O–H groups in total. The predicted molar refractivity (Wildman–Crippen MR) is 130 cm³/mol. The molecule has 0 radical (unpaired) electrons. The maximum atomic E-state index is 13.4. The van der Waals surface area contributed by atoms with Gasteiger partial charge in [-0.15, -0.1) is 0 Å². The lowest BCUT2D eigenvalue weighted by molar-refractivity contribution is -0.155. The van der Waals surface area contributed by atoms with E-state index >= 15 is 0 Å². The molecule has 0 saturated heterocycles. The Morgan fingerprint density at radius 3 is 2.48 bits per heavy atom. The molecule has 31 heavy (non-hydrogen) atoms. The summed E-state index contributed by atoms with van der Waals surface area (Å²) in [5.41, 5.74) is 0.707. The summed E-state index contributed by atoms with van der Waals surface area (Å²) >= 11 is 1.38. The number of nitrogens with two attached hydrogens (primary N) is 2. The number of hydrogen-bond acceptors (Lipinski definition) is 5. The lowest BCUT2D eigenvalue weighted by Gasteiger charge is -2.63. The molecule has 176 valence electrons. The van der Waals surface area contributed by atoms with Crippen LogP contribution in [0.5, 0.6) is 0 Å². The van der Waals surface area contributed by atoms with Gasteiger partial charge < -0.3 is 5.84 Å². The minimum Gasteiger partial charge on any atom is -0.321 e. The Balaban J connectivity index is 1.50. The molecule has 5 nitrogen and oxygen atoms in total. The Labute approximate surface area is 193 Å². The number of thioether (sulfide) groups is 1. The third-order valence-corrected chi connectivity index (χ3v) is 11.4. The molecule has 8 atom stereocenters. The fraction of sp³-hybridized carbons (Fsp3) is 0.920. The van der Waals surface area contributed by atoms with Crippen LogP contribution in [0.3, 0.4) is 0 Å². The van der Waals surface area contributed by atoms with Crippen LogP contribution in [-0.2, 0) is 4.79 Å². The first-order chi connectivity index (χ1) is 14.7. The predicted octanol–water partition coefficient (Wildman–Crippen LogP) is 5.01. The number of Topliss-reactive ketones (excluding diaryl/α,β-unsaturated/α-hetero) is 1. The first-order valence-electron chi connectivity index (χ1n) is 12.6. The van der Waals surface area contributed by atoms with Gasteiger partial charge in [0.1, 0.15) is 5.78 Å². The molecule has 6 heteroatoms. The van der Waals surface area contributed by atoms with Gasteiger partial charge in [-0.1, -0.05) is 45.4 Å². The SMILES string of the molecule is C[C@H]1CC[C@@]2(C)C(CC[C@@H]3C2CC[C@@]2(C)C3CCC[C@@H]2C(=O)CS/C(=N/N)N(C)N)C1. The lowest BCUT2D eigenvalue weighted by atomic mass is 9.41. The summed E-state index contributed by atoms with van der Waals surface area (Å²) in [5.74, 6) is 16.5. The van der Waals surface area contributed by atoms with Gasteiger partial charge in [0, 0.05) is 13.0 Å². The Kier molecular flexibility index (Phi) is 6.71. The van der Waals surface area contributed by atoms with Crippen LogP contribution in [0.1, 0.15) is 85.0 Å². The molecule has 0 aromatic rings. The first-order valence-corrected chi connectivity index (χ1v) is 13.6. The Morgan fingerprint density at radius 2 is 1.77 bits per heavy atom. The number of nitrogens with zero attached hydrogens (tertiary/aromatic N) is 2. The van der Waals surface area contributed by atoms with Crippen molar-refractivity contribution in [3.05, 3.63) is 0 Å². The average Bonchev–Trinajstić information content (AvgIpc) is 2.73. The van der Waals surface area contributed by atoms with Gasteiger partial charge in [0.2, 0.25) is 0 Å². The average molecular weight is 449 g/mol. The largest absolute Gasteiger partial charge is 0.321 e. The van der Waals surface area contributed by atoms with Gasteiger partial charge in [0.15, 0.2) is 5.17 Å². The number of carbonyl (C=O) groups excluding carboxylic acids is 1. The van der Waals surface area contributed by atoms with Crippen molar-refractivity contribution in [3.8, 4) is 0 Å². The minimum atomic E-state index is 0.164. The minimum absolute atomic E-state index is 0.164. The van der Waals surface area contributed by atoms with Gasteiger partial charge in [-0.2, -0.15) is 5.10 Å². The molecular weight excluding hydrogens is 404 g/mol. The first kappa shape index (κ1) is 23.4. The van der Waals surface area contributed by atoms with Crippen molar-refractivity contribution < 1.29 is 4.79 Å². The third-order valence-electron chi connectivity index (χ3n) is 10.3. The summed E-state index contributed by atoms with van der Waals surface area (Å²) in [6.45, 7) is 7.56. The van der Waals surface area contributed by atoms with Gasteiger partial charge in [-0.25, -0.2) is 5.84 Å².